The van der Waals surface area contributed by atoms with Crippen molar-refractivity contribution in [1.29, 1.82) is 0 Å². The summed E-state index contributed by atoms with van der Waals surface area (Å²) in [5, 5.41) is 0. The van der Waals surface area contributed by atoms with Crippen molar-refractivity contribution < 1.29 is 18.9 Å². The normalized spacial score (nSPS) is 12.5. The number of hydrogen-bond acceptors (Lipinski definition) is 4. The quantitative estimate of drug-likeness (QED) is 0.105. The Bertz CT molecular complexity index is 2200. The number of allylic oxidation sites excluding steroid dienone is 2. The third kappa shape index (κ3) is 29.0. The summed E-state index contributed by atoms with van der Waals surface area (Å²) in [7, 11) is 0. The summed E-state index contributed by atoms with van der Waals surface area (Å²) in [6.07, 6.45) is 13.0. The Labute approximate surface area is 457 Å². The summed E-state index contributed by atoms with van der Waals surface area (Å²) in [6, 6.07) is 25.9. The molecule has 74 heavy (non-hydrogen) atoms. The lowest BCUT2D eigenvalue weighted by molar-refractivity contribution is 0.286. The van der Waals surface area contributed by atoms with Gasteiger partial charge in [-0.1, -0.05) is 225 Å². The fourth-order valence-corrected chi connectivity index (χ4v) is 7.42. The Morgan fingerprint density at radius 3 is 0.932 bits per heavy atom. The molecule has 4 rings (SSSR count). The Hall–Kier alpha value is -4.44. The zero-order valence-electron chi connectivity index (χ0n) is 52.7. The van der Waals surface area contributed by atoms with Crippen molar-refractivity contribution in [3.05, 3.63) is 142 Å². The van der Waals surface area contributed by atoms with Gasteiger partial charge in [-0.2, -0.15) is 0 Å². The standard InChI is InChI=1S/C20H32O.C18H28O.C17H28O.C15H24O/c1-15-13-17(20(6,7)8)14-16(2)18(15)21-12-10-9-11-19(3,4)5;1-17(2,3)13-7-8-14-19-16-11-9-15(10-12-16)18(4,5)6;1-12(2)8-9-18-16-13(3)10-15(11-14(16)4)17(5,6)7;1-12(2)10-11-16-14-8-6-13(7-9-14)15(3,4)5/h9-10,13-14H,11-12H2,1-8H3;7-12H,13-14H2,1-6H3;10-12H,8-9H2,1-7H3;6-9,12H,10-11H2,1-5H3/b10-9+;8-7+;;. The highest BCUT2D eigenvalue weighted by molar-refractivity contribution is 5.46. The molecule has 0 aliphatic rings. The van der Waals surface area contributed by atoms with Crippen LogP contribution in [0.4, 0.5) is 0 Å². The van der Waals surface area contributed by atoms with E-state index in [4.69, 9.17) is 18.9 Å². The zero-order chi connectivity index (χ0) is 56.9. The van der Waals surface area contributed by atoms with Gasteiger partial charge >= 0.3 is 0 Å². The molecule has 0 aliphatic heterocycles. The summed E-state index contributed by atoms with van der Waals surface area (Å²) < 4.78 is 23.3. The van der Waals surface area contributed by atoms with Crippen molar-refractivity contribution in [2.45, 2.75) is 227 Å². The number of benzene rings is 4. The Morgan fingerprint density at radius 1 is 0.351 bits per heavy atom. The number of aryl methyl sites for hydroxylation is 4. The van der Waals surface area contributed by atoms with Crippen LogP contribution in [0, 0.1) is 50.4 Å². The molecule has 0 aliphatic carbocycles. The third-order valence-electron chi connectivity index (χ3n) is 12.5. The fraction of sp³-hybridized carbons (Fsp3) is 0.600. The molecule has 0 bridgehead atoms. The van der Waals surface area contributed by atoms with Gasteiger partial charge in [-0.05, 0) is 166 Å². The summed E-state index contributed by atoms with van der Waals surface area (Å²) in [5.41, 5.74) is 11.9. The zero-order valence-corrected chi connectivity index (χ0v) is 52.7. The largest absolute Gasteiger partial charge is 0.494 e. The molecule has 0 heterocycles. The van der Waals surface area contributed by atoms with Gasteiger partial charge in [0.1, 0.15) is 36.2 Å². The van der Waals surface area contributed by atoms with E-state index in [0.717, 1.165) is 61.9 Å². The van der Waals surface area contributed by atoms with Crippen molar-refractivity contribution >= 4 is 0 Å². The molecular formula is C70H112O4. The number of hydrogen-bond donors (Lipinski definition) is 0. The minimum atomic E-state index is 0.181. The second-order valence-electron chi connectivity index (χ2n) is 28.1. The molecule has 4 nitrogen and oxygen atoms in total. The van der Waals surface area contributed by atoms with Crippen LogP contribution in [0.25, 0.3) is 0 Å². The van der Waals surface area contributed by atoms with Crippen LogP contribution in [0.3, 0.4) is 0 Å². The Balaban J connectivity index is 0.000000495. The molecule has 0 aromatic heterocycles. The lowest BCUT2D eigenvalue weighted by atomic mass is 9.85. The number of rotatable bonds is 16. The predicted molar refractivity (Wildman–Crippen MR) is 327 cm³/mol. The van der Waals surface area contributed by atoms with Crippen molar-refractivity contribution in [1.82, 2.24) is 0 Å². The van der Waals surface area contributed by atoms with E-state index in [-0.39, 0.29) is 21.7 Å². The van der Waals surface area contributed by atoms with Gasteiger partial charge in [0.2, 0.25) is 0 Å². The molecule has 0 spiro atoms. The van der Waals surface area contributed by atoms with Crippen molar-refractivity contribution in [2.75, 3.05) is 26.4 Å². The lowest BCUT2D eigenvalue weighted by Gasteiger charge is -2.22. The average molecular weight is 1020 g/mol. The lowest BCUT2D eigenvalue weighted by Crippen LogP contribution is -2.12. The predicted octanol–water partition coefficient (Wildman–Crippen LogP) is 20.8. The average Bonchev–Trinajstić information content (AvgIpc) is 3.24. The van der Waals surface area contributed by atoms with E-state index in [9.17, 15) is 0 Å². The molecule has 0 radical (unpaired) electrons. The van der Waals surface area contributed by atoms with Crippen LogP contribution >= 0.6 is 0 Å². The summed E-state index contributed by atoms with van der Waals surface area (Å²) >= 11 is 0. The highest BCUT2D eigenvalue weighted by Gasteiger charge is 2.19. The molecule has 4 aromatic carbocycles. The van der Waals surface area contributed by atoms with E-state index >= 15 is 0 Å². The summed E-state index contributed by atoms with van der Waals surface area (Å²) in [4.78, 5) is 0. The van der Waals surface area contributed by atoms with E-state index in [2.05, 4.69) is 277 Å². The van der Waals surface area contributed by atoms with Crippen LogP contribution < -0.4 is 18.9 Å². The highest BCUT2D eigenvalue weighted by Crippen LogP contribution is 2.33. The Morgan fingerprint density at radius 2 is 0.635 bits per heavy atom. The summed E-state index contributed by atoms with van der Waals surface area (Å²) in [5.74, 6) is 5.42. The van der Waals surface area contributed by atoms with E-state index in [0.29, 0.717) is 35.9 Å². The first-order valence-electron chi connectivity index (χ1n) is 28.1. The second kappa shape index (κ2) is 30.3. The summed E-state index contributed by atoms with van der Waals surface area (Å²) in [6.45, 7) is 60.6. The topological polar surface area (TPSA) is 36.9 Å². The maximum Gasteiger partial charge on any atom is 0.125 e. The van der Waals surface area contributed by atoms with Gasteiger partial charge in [0.15, 0.2) is 0 Å². The molecule has 416 valence electrons. The minimum Gasteiger partial charge on any atom is -0.494 e. The molecule has 4 heteroatoms. The smallest absolute Gasteiger partial charge is 0.125 e. The minimum absolute atomic E-state index is 0.181. The van der Waals surface area contributed by atoms with Crippen LogP contribution in [0.1, 0.15) is 223 Å². The van der Waals surface area contributed by atoms with Gasteiger partial charge in [-0.15, -0.1) is 0 Å². The van der Waals surface area contributed by atoms with Crippen LogP contribution in [0.15, 0.2) is 97.1 Å². The maximum absolute atomic E-state index is 5.96. The molecule has 0 saturated heterocycles. The van der Waals surface area contributed by atoms with Crippen LogP contribution in [0.5, 0.6) is 23.0 Å². The van der Waals surface area contributed by atoms with Crippen molar-refractivity contribution in [2.24, 2.45) is 22.7 Å². The molecular weight excluding hydrogens is 905 g/mol. The van der Waals surface area contributed by atoms with Crippen molar-refractivity contribution in [3.63, 3.8) is 0 Å². The molecule has 0 saturated carbocycles. The van der Waals surface area contributed by atoms with Gasteiger partial charge in [0.05, 0.1) is 13.2 Å². The fourth-order valence-electron chi connectivity index (χ4n) is 7.42. The van der Waals surface area contributed by atoms with Crippen LogP contribution in [-0.2, 0) is 21.7 Å². The SMILES string of the molecule is CC(C)(C)C/C=C/COc1ccc(C(C)(C)C)cc1.CC(C)CCOc1ccc(C(C)(C)C)cc1.Cc1cc(C(C)(C)C)cc(C)c1OC/C=C/CC(C)(C)C.Cc1cc(C(C)(C)C)cc(C)c1OCCC(C)C. The Kier molecular flexibility index (Phi) is 27.7. The van der Waals surface area contributed by atoms with E-state index in [1.54, 1.807) is 0 Å². The van der Waals surface area contributed by atoms with Gasteiger partial charge in [-0.25, -0.2) is 0 Å². The van der Waals surface area contributed by atoms with E-state index < -0.39 is 0 Å². The number of ether oxygens (including phenoxy) is 4. The second-order valence-corrected chi connectivity index (χ2v) is 28.1. The first kappa shape index (κ1) is 67.6. The van der Waals surface area contributed by atoms with Crippen LogP contribution in [-0.4, -0.2) is 26.4 Å². The first-order chi connectivity index (χ1) is 33.8. The van der Waals surface area contributed by atoms with Gasteiger partial charge < -0.3 is 18.9 Å². The molecule has 0 fully saturated rings. The molecule has 0 amide bonds. The van der Waals surface area contributed by atoms with Crippen molar-refractivity contribution in [3.8, 4) is 23.0 Å². The molecule has 0 atom stereocenters. The molecule has 0 unspecified atom stereocenters. The highest BCUT2D eigenvalue weighted by atomic mass is 16.5. The monoisotopic (exact) mass is 1020 g/mol. The van der Waals surface area contributed by atoms with Crippen LogP contribution in [0.2, 0.25) is 0 Å². The van der Waals surface area contributed by atoms with Gasteiger partial charge in [0, 0.05) is 0 Å². The molecule has 0 N–H and O–H groups in total. The molecule has 4 aromatic rings. The van der Waals surface area contributed by atoms with E-state index in [1.807, 2.05) is 0 Å². The maximum atomic E-state index is 5.96. The third-order valence-corrected chi connectivity index (χ3v) is 12.5. The first-order valence-corrected chi connectivity index (χ1v) is 28.1. The van der Waals surface area contributed by atoms with E-state index in [1.165, 1.54) is 44.5 Å². The van der Waals surface area contributed by atoms with Gasteiger partial charge in [-0.3, -0.25) is 0 Å². The van der Waals surface area contributed by atoms with Gasteiger partial charge in [0.25, 0.3) is 0 Å².